The van der Waals surface area contributed by atoms with Crippen LogP contribution in [0.1, 0.15) is 12.6 Å². The second-order valence-electron chi connectivity index (χ2n) is 4.38. The lowest BCUT2D eigenvalue weighted by Crippen LogP contribution is -2.31. The van der Waals surface area contributed by atoms with Crippen LogP contribution in [0.2, 0.25) is 0 Å². The quantitative estimate of drug-likeness (QED) is 0.554. The van der Waals surface area contributed by atoms with Gasteiger partial charge in [0.15, 0.2) is 10.8 Å². The number of esters is 1. The fraction of sp³-hybridized carbons (Fsp3) is 0.333. The maximum absolute atomic E-state index is 11.6. The number of aromatic nitrogens is 1. The van der Waals surface area contributed by atoms with Gasteiger partial charge in [-0.15, -0.1) is 17.9 Å². The number of carbonyl (C=O) groups is 1. The van der Waals surface area contributed by atoms with Gasteiger partial charge in [0.05, 0.1) is 25.1 Å². The molecule has 0 aliphatic heterocycles. The van der Waals surface area contributed by atoms with Gasteiger partial charge in [-0.2, -0.15) is 0 Å². The van der Waals surface area contributed by atoms with Gasteiger partial charge < -0.3 is 9.15 Å². The normalized spacial score (nSPS) is 10.8. The highest BCUT2D eigenvalue weighted by atomic mass is 32.1. The van der Waals surface area contributed by atoms with E-state index in [0.29, 0.717) is 19.7 Å². The molecule has 0 aliphatic carbocycles. The van der Waals surface area contributed by atoms with Crippen LogP contribution in [-0.2, 0) is 16.1 Å². The Labute approximate surface area is 127 Å². The molecule has 0 unspecified atom stereocenters. The number of furan rings is 1. The summed E-state index contributed by atoms with van der Waals surface area (Å²) in [4.78, 5) is 18.0. The Morgan fingerprint density at radius 1 is 1.62 bits per heavy atom. The zero-order valence-electron chi connectivity index (χ0n) is 11.9. The first-order chi connectivity index (χ1) is 10.2. The second kappa shape index (κ2) is 7.75. The van der Waals surface area contributed by atoms with Crippen molar-refractivity contribution in [2.45, 2.75) is 13.5 Å². The predicted molar refractivity (Wildman–Crippen MR) is 81.9 cm³/mol. The topological polar surface area (TPSA) is 55.6 Å². The molecule has 5 nitrogen and oxygen atoms in total. The highest BCUT2D eigenvalue weighted by Crippen LogP contribution is 2.24. The third-order valence-electron chi connectivity index (χ3n) is 2.71. The maximum Gasteiger partial charge on any atom is 0.320 e. The van der Waals surface area contributed by atoms with Crippen LogP contribution in [-0.4, -0.2) is 35.5 Å². The fourth-order valence-corrected chi connectivity index (χ4v) is 2.66. The lowest BCUT2D eigenvalue weighted by atomic mass is 10.4. The number of thiazole rings is 1. The van der Waals surface area contributed by atoms with Crippen LogP contribution in [0.25, 0.3) is 10.8 Å². The zero-order valence-corrected chi connectivity index (χ0v) is 12.8. The maximum atomic E-state index is 11.6. The SMILES string of the molecule is C=CCN(CC(=O)OCC)Cc1csc(-c2ccco2)n1. The molecule has 0 spiro atoms. The van der Waals surface area contributed by atoms with Gasteiger partial charge in [0.2, 0.25) is 0 Å². The van der Waals surface area contributed by atoms with Gasteiger partial charge in [-0.3, -0.25) is 9.69 Å². The largest absolute Gasteiger partial charge is 0.465 e. The van der Waals surface area contributed by atoms with E-state index in [-0.39, 0.29) is 12.5 Å². The van der Waals surface area contributed by atoms with Gasteiger partial charge in [0, 0.05) is 18.5 Å². The molecule has 21 heavy (non-hydrogen) atoms. The van der Waals surface area contributed by atoms with Crippen LogP contribution in [0.15, 0.2) is 40.8 Å². The number of hydrogen-bond donors (Lipinski definition) is 0. The second-order valence-corrected chi connectivity index (χ2v) is 5.24. The van der Waals surface area contributed by atoms with E-state index in [2.05, 4.69) is 11.6 Å². The summed E-state index contributed by atoms with van der Waals surface area (Å²) in [5, 5.41) is 2.81. The Hall–Kier alpha value is -1.92. The Balaban J connectivity index is 1.99. The van der Waals surface area contributed by atoms with Crippen LogP contribution in [0, 0.1) is 0 Å². The first-order valence-corrected chi connectivity index (χ1v) is 7.58. The average molecular weight is 306 g/mol. The standard InChI is InChI=1S/C15H18N2O3S/c1-3-7-17(10-14(18)19-4-2)9-12-11-21-15(16-12)13-6-5-8-20-13/h3,5-6,8,11H,1,4,7,9-10H2,2H3. The number of rotatable bonds is 8. The molecular weight excluding hydrogens is 288 g/mol. The summed E-state index contributed by atoms with van der Waals surface area (Å²) in [5.41, 5.74) is 0.901. The van der Waals surface area contributed by atoms with Crippen molar-refractivity contribution in [1.82, 2.24) is 9.88 Å². The third kappa shape index (κ3) is 4.54. The monoisotopic (exact) mass is 306 g/mol. The smallest absolute Gasteiger partial charge is 0.320 e. The van der Waals surface area contributed by atoms with Crippen molar-refractivity contribution in [3.8, 4) is 10.8 Å². The number of carbonyl (C=O) groups excluding carboxylic acids is 1. The van der Waals surface area contributed by atoms with Crippen molar-refractivity contribution in [2.75, 3.05) is 19.7 Å². The molecular formula is C15H18N2O3S. The molecule has 0 aliphatic rings. The molecule has 0 saturated carbocycles. The van der Waals surface area contributed by atoms with Crippen molar-refractivity contribution in [3.63, 3.8) is 0 Å². The third-order valence-corrected chi connectivity index (χ3v) is 3.62. The van der Waals surface area contributed by atoms with E-state index in [4.69, 9.17) is 9.15 Å². The van der Waals surface area contributed by atoms with Gasteiger partial charge in [-0.1, -0.05) is 6.08 Å². The van der Waals surface area contributed by atoms with Crippen LogP contribution in [0.5, 0.6) is 0 Å². The molecule has 2 heterocycles. The van der Waals surface area contributed by atoms with Gasteiger partial charge in [0.25, 0.3) is 0 Å². The molecule has 0 bridgehead atoms. The molecule has 0 radical (unpaired) electrons. The Bertz CT molecular complexity index is 578. The lowest BCUT2D eigenvalue weighted by Gasteiger charge is -2.18. The van der Waals surface area contributed by atoms with Crippen molar-refractivity contribution >= 4 is 17.3 Å². The molecule has 2 aromatic rings. The molecule has 2 aromatic heterocycles. The molecule has 0 aromatic carbocycles. The molecule has 112 valence electrons. The molecule has 0 amide bonds. The van der Waals surface area contributed by atoms with E-state index in [9.17, 15) is 4.79 Å². The van der Waals surface area contributed by atoms with Crippen LogP contribution < -0.4 is 0 Å². The lowest BCUT2D eigenvalue weighted by molar-refractivity contribution is -0.144. The van der Waals surface area contributed by atoms with Crippen molar-refractivity contribution in [1.29, 1.82) is 0 Å². The molecule has 6 heteroatoms. The number of ether oxygens (including phenoxy) is 1. The summed E-state index contributed by atoms with van der Waals surface area (Å²) in [7, 11) is 0. The van der Waals surface area contributed by atoms with E-state index >= 15 is 0 Å². The molecule has 2 rings (SSSR count). The van der Waals surface area contributed by atoms with Crippen LogP contribution in [0.4, 0.5) is 0 Å². The summed E-state index contributed by atoms with van der Waals surface area (Å²) in [6, 6.07) is 3.71. The minimum Gasteiger partial charge on any atom is -0.465 e. The number of hydrogen-bond acceptors (Lipinski definition) is 6. The van der Waals surface area contributed by atoms with Crippen molar-refractivity contribution < 1.29 is 13.9 Å². The average Bonchev–Trinajstić information content (AvgIpc) is 3.09. The summed E-state index contributed by atoms with van der Waals surface area (Å²) in [6.45, 7) is 7.31. The highest BCUT2D eigenvalue weighted by molar-refractivity contribution is 7.13. The van der Waals surface area contributed by atoms with Gasteiger partial charge >= 0.3 is 5.97 Å². The van der Waals surface area contributed by atoms with Crippen LogP contribution >= 0.6 is 11.3 Å². The predicted octanol–water partition coefficient (Wildman–Crippen LogP) is 2.95. The van der Waals surface area contributed by atoms with E-state index in [1.165, 1.54) is 11.3 Å². The summed E-state index contributed by atoms with van der Waals surface area (Å²) < 4.78 is 10.3. The Morgan fingerprint density at radius 3 is 3.14 bits per heavy atom. The van der Waals surface area contributed by atoms with E-state index < -0.39 is 0 Å². The van der Waals surface area contributed by atoms with Gasteiger partial charge in [-0.05, 0) is 19.1 Å². The summed E-state index contributed by atoms with van der Waals surface area (Å²) >= 11 is 1.52. The summed E-state index contributed by atoms with van der Waals surface area (Å²) in [5.74, 6) is 0.521. The van der Waals surface area contributed by atoms with Crippen molar-refractivity contribution in [2.24, 2.45) is 0 Å². The minimum absolute atomic E-state index is 0.230. The molecule has 0 N–H and O–H groups in total. The van der Waals surface area contributed by atoms with Crippen molar-refractivity contribution in [3.05, 3.63) is 42.1 Å². The highest BCUT2D eigenvalue weighted by Gasteiger charge is 2.14. The molecule has 0 saturated heterocycles. The zero-order chi connectivity index (χ0) is 15.1. The van der Waals surface area contributed by atoms with Gasteiger partial charge in [0.1, 0.15) is 0 Å². The van der Waals surface area contributed by atoms with E-state index in [1.54, 1.807) is 19.3 Å². The van der Waals surface area contributed by atoms with E-state index in [0.717, 1.165) is 16.5 Å². The Morgan fingerprint density at radius 2 is 2.48 bits per heavy atom. The molecule has 0 fully saturated rings. The first-order valence-electron chi connectivity index (χ1n) is 6.70. The van der Waals surface area contributed by atoms with Gasteiger partial charge in [-0.25, -0.2) is 4.98 Å². The van der Waals surface area contributed by atoms with E-state index in [1.807, 2.05) is 22.4 Å². The minimum atomic E-state index is -0.235. The molecule has 0 atom stereocenters. The summed E-state index contributed by atoms with van der Waals surface area (Å²) in [6.07, 6.45) is 3.39. The number of nitrogens with zero attached hydrogens (tertiary/aromatic N) is 2. The van der Waals surface area contributed by atoms with Crippen LogP contribution in [0.3, 0.4) is 0 Å². The fourth-order valence-electron chi connectivity index (χ4n) is 1.88. The Kier molecular flexibility index (Phi) is 5.71. The first kappa shape index (κ1) is 15.5.